The van der Waals surface area contributed by atoms with E-state index in [0.29, 0.717) is 6.42 Å². The van der Waals surface area contributed by atoms with Crippen LogP contribution >= 0.6 is 0 Å². The number of hydrogen-bond donors (Lipinski definition) is 1. The maximum absolute atomic E-state index is 11.9. The molecule has 0 aliphatic carbocycles. The number of rotatable bonds is 0. The molecule has 3 nitrogen and oxygen atoms in total. The average molecular weight is 202 g/mol. The van der Waals surface area contributed by atoms with Gasteiger partial charge in [-0.2, -0.15) is 0 Å². The summed E-state index contributed by atoms with van der Waals surface area (Å²) in [6, 6.07) is 5.93. The molecule has 1 aromatic rings. The van der Waals surface area contributed by atoms with Crippen molar-refractivity contribution in [3.05, 3.63) is 29.3 Å². The number of carbonyl (C=O) groups excluding carboxylic acids is 1. The SMILES string of the molecule is NC1Cc2cccc3c2N(CCC3)C1=O. The minimum atomic E-state index is -0.342. The van der Waals surface area contributed by atoms with Crippen LogP contribution in [0.2, 0.25) is 0 Å². The summed E-state index contributed by atoms with van der Waals surface area (Å²) in [7, 11) is 0. The molecular formula is C12H14N2O. The van der Waals surface area contributed by atoms with Gasteiger partial charge in [0, 0.05) is 6.54 Å². The quantitative estimate of drug-likeness (QED) is 0.678. The first-order chi connectivity index (χ1) is 7.27. The van der Waals surface area contributed by atoms with Gasteiger partial charge in [-0.25, -0.2) is 0 Å². The summed E-state index contributed by atoms with van der Waals surface area (Å²) < 4.78 is 0. The number of benzene rings is 1. The molecule has 0 spiro atoms. The largest absolute Gasteiger partial charge is 0.320 e. The third-order valence-electron chi connectivity index (χ3n) is 3.32. The smallest absolute Gasteiger partial charge is 0.244 e. The van der Waals surface area contributed by atoms with Crippen molar-refractivity contribution in [2.24, 2.45) is 5.73 Å². The van der Waals surface area contributed by atoms with Crippen LogP contribution in [0.25, 0.3) is 0 Å². The van der Waals surface area contributed by atoms with Crippen molar-refractivity contribution in [3.8, 4) is 0 Å². The first kappa shape index (κ1) is 8.92. The number of carbonyl (C=O) groups is 1. The molecule has 1 unspecified atom stereocenters. The summed E-state index contributed by atoms with van der Waals surface area (Å²) in [6.45, 7) is 0.830. The molecule has 2 aliphatic rings. The van der Waals surface area contributed by atoms with Gasteiger partial charge in [-0.15, -0.1) is 0 Å². The minimum absolute atomic E-state index is 0.0923. The molecule has 0 fully saturated rings. The zero-order chi connectivity index (χ0) is 10.4. The van der Waals surface area contributed by atoms with Gasteiger partial charge in [0.2, 0.25) is 5.91 Å². The standard InChI is InChI=1S/C12H14N2O/c13-10-7-9-4-1-3-8-5-2-6-14(11(8)9)12(10)15/h1,3-4,10H,2,5-7,13H2. The summed E-state index contributed by atoms with van der Waals surface area (Å²) >= 11 is 0. The number of para-hydroxylation sites is 1. The van der Waals surface area contributed by atoms with Crippen LogP contribution in [0.1, 0.15) is 17.5 Å². The number of nitrogens with two attached hydrogens (primary N) is 1. The predicted molar refractivity (Wildman–Crippen MR) is 58.8 cm³/mol. The van der Waals surface area contributed by atoms with E-state index in [1.165, 1.54) is 11.1 Å². The van der Waals surface area contributed by atoms with Crippen molar-refractivity contribution in [1.29, 1.82) is 0 Å². The molecule has 2 aliphatic heterocycles. The second-order valence-electron chi connectivity index (χ2n) is 4.33. The Hall–Kier alpha value is -1.35. The lowest BCUT2D eigenvalue weighted by atomic mass is 9.90. The van der Waals surface area contributed by atoms with E-state index in [1.54, 1.807) is 0 Å². The van der Waals surface area contributed by atoms with Gasteiger partial charge in [0.1, 0.15) is 0 Å². The van der Waals surface area contributed by atoms with Gasteiger partial charge in [-0.1, -0.05) is 18.2 Å². The first-order valence-electron chi connectivity index (χ1n) is 5.45. The molecule has 3 heteroatoms. The van der Waals surface area contributed by atoms with Crippen LogP contribution in [0.5, 0.6) is 0 Å². The van der Waals surface area contributed by atoms with E-state index in [1.807, 2.05) is 4.90 Å². The van der Waals surface area contributed by atoms with Crippen molar-refractivity contribution in [2.45, 2.75) is 25.3 Å². The Morgan fingerprint density at radius 3 is 3.00 bits per heavy atom. The van der Waals surface area contributed by atoms with E-state index in [4.69, 9.17) is 5.73 Å². The van der Waals surface area contributed by atoms with E-state index in [0.717, 1.165) is 25.1 Å². The van der Waals surface area contributed by atoms with Gasteiger partial charge < -0.3 is 10.6 Å². The second kappa shape index (κ2) is 3.07. The molecular weight excluding hydrogens is 188 g/mol. The van der Waals surface area contributed by atoms with Gasteiger partial charge in [-0.05, 0) is 30.4 Å². The Morgan fingerprint density at radius 1 is 1.33 bits per heavy atom. The molecule has 0 aromatic heterocycles. The molecule has 3 rings (SSSR count). The Kier molecular flexibility index (Phi) is 1.83. The van der Waals surface area contributed by atoms with Crippen LogP contribution in [0, 0.1) is 0 Å². The highest BCUT2D eigenvalue weighted by Gasteiger charge is 2.33. The van der Waals surface area contributed by atoms with Crippen LogP contribution < -0.4 is 10.6 Å². The molecule has 0 saturated heterocycles. The van der Waals surface area contributed by atoms with E-state index in [9.17, 15) is 4.79 Å². The molecule has 0 saturated carbocycles. The van der Waals surface area contributed by atoms with Crippen LogP contribution in [0.15, 0.2) is 18.2 Å². The Labute approximate surface area is 88.9 Å². The topological polar surface area (TPSA) is 46.3 Å². The molecule has 0 radical (unpaired) electrons. The molecule has 0 bridgehead atoms. The fourth-order valence-corrected chi connectivity index (χ4v) is 2.64. The second-order valence-corrected chi connectivity index (χ2v) is 4.33. The van der Waals surface area contributed by atoms with Gasteiger partial charge in [0.05, 0.1) is 11.7 Å². The lowest BCUT2D eigenvalue weighted by Gasteiger charge is -2.37. The van der Waals surface area contributed by atoms with E-state index in [-0.39, 0.29) is 11.9 Å². The lowest BCUT2D eigenvalue weighted by Crippen LogP contribution is -2.50. The van der Waals surface area contributed by atoms with Gasteiger partial charge >= 0.3 is 0 Å². The van der Waals surface area contributed by atoms with Crippen LogP contribution in [-0.4, -0.2) is 18.5 Å². The molecule has 2 heterocycles. The zero-order valence-electron chi connectivity index (χ0n) is 8.57. The molecule has 15 heavy (non-hydrogen) atoms. The van der Waals surface area contributed by atoms with Crippen LogP contribution in [0.4, 0.5) is 5.69 Å². The number of amides is 1. The van der Waals surface area contributed by atoms with Gasteiger partial charge in [0.15, 0.2) is 0 Å². The Bertz CT molecular complexity index is 428. The van der Waals surface area contributed by atoms with Crippen LogP contribution in [-0.2, 0) is 17.6 Å². The maximum atomic E-state index is 11.9. The molecule has 2 N–H and O–H groups in total. The van der Waals surface area contributed by atoms with Gasteiger partial charge in [0.25, 0.3) is 0 Å². The summed E-state index contributed by atoms with van der Waals surface area (Å²) in [4.78, 5) is 13.8. The molecule has 78 valence electrons. The highest BCUT2D eigenvalue weighted by Crippen LogP contribution is 2.34. The number of hydrogen-bond acceptors (Lipinski definition) is 2. The maximum Gasteiger partial charge on any atom is 0.244 e. The summed E-state index contributed by atoms with van der Waals surface area (Å²) in [5, 5.41) is 0. The average Bonchev–Trinajstić information content (AvgIpc) is 2.26. The van der Waals surface area contributed by atoms with Crippen molar-refractivity contribution >= 4 is 11.6 Å². The Morgan fingerprint density at radius 2 is 2.13 bits per heavy atom. The van der Waals surface area contributed by atoms with Crippen molar-refractivity contribution in [2.75, 3.05) is 11.4 Å². The fraction of sp³-hybridized carbons (Fsp3) is 0.417. The minimum Gasteiger partial charge on any atom is -0.320 e. The monoisotopic (exact) mass is 202 g/mol. The Balaban J connectivity index is 2.20. The molecule has 1 atom stereocenters. The fourth-order valence-electron chi connectivity index (χ4n) is 2.64. The number of anilines is 1. The van der Waals surface area contributed by atoms with Crippen molar-refractivity contribution < 1.29 is 4.79 Å². The third-order valence-corrected chi connectivity index (χ3v) is 3.32. The van der Waals surface area contributed by atoms with Crippen LogP contribution in [0.3, 0.4) is 0 Å². The van der Waals surface area contributed by atoms with Crippen molar-refractivity contribution in [3.63, 3.8) is 0 Å². The number of aryl methyl sites for hydroxylation is 1. The normalized spacial score (nSPS) is 23.9. The highest BCUT2D eigenvalue weighted by molar-refractivity contribution is 6.01. The molecule has 1 amide bonds. The number of nitrogens with zero attached hydrogens (tertiary/aromatic N) is 1. The summed E-state index contributed by atoms with van der Waals surface area (Å²) in [5.41, 5.74) is 9.53. The van der Waals surface area contributed by atoms with E-state index < -0.39 is 0 Å². The molecule has 1 aromatic carbocycles. The van der Waals surface area contributed by atoms with E-state index >= 15 is 0 Å². The highest BCUT2D eigenvalue weighted by atomic mass is 16.2. The van der Waals surface area contributed by atoms with E-state index in [2.05, 4.69) is 18.2 Å². The first-order valence-corrected chi connectivity index (χ1v) is 5.45. The van der Waals surface area contributed by atoms with Gasteiger partial charge in [-0.3, -0.25) is 4.79 Å². The summed E-state index contributed by atoms with van der Waals surface area (Å²) in [5.74, 6) is 0.0923. The zero-order valence-corrected chi connectivity index (χ0v) is 8.57. The summed E-state index contributed by atoms with van der Waals surface area (Å²) in [6.07, 6.45) is 2.83. The van der Waals surface area contributed by atoms with Crippen molar-refractivity contribution in [1.82, 2.24) is 0 Å². The predicted octanol–water partition coefficient (Wildman–Crippen LogP) is 0.849. The lowest BCUT2D eigenvalue weighted by molar-refractivity contribution is -0.120. The third kappa shape index (κ3) is 1.20.